The van der Waals surface area contributed by atoms with E-state index in [2.05, 4.69) is 52.0 Å². The summed E-state index contributed by atoms with van der Waals surface area (Å²) in [5.41, 5.74) is 8.17. The summed E-state index contributed by atoms with van der Waals surface area (Å²) in [6, 6.07) is 8.50. The lowest BCUT2D eigenvalue weighted by atomic mass is 9.57. The SMILES string of the molecule is CC1(C)CC(C(=O)CN)C(C)(C)c2ccccc21. The fraction of sp³-hybridized carbons (Fsp3) is 0.562. The van der Waals surface area contributed by atoms with E-state index in [-0.39, 0.29) is 29.1 Å². The van der Waals surface area contributed by atoms with Crippen LogP contribution in [0.4, 0.5) is 0 Å². The molecule has 0 bridgehead atoms. The fourth-order valence-electron chi connectivity index (χ4n) is 3.36. The van der Waals surface area contributed by atoms with Gasteiger partial charge in [-0.1, -0.05) is 52.0 Å². The van der Waals surface area contributed by atoms with Gasteiger partial charge in [0.25, 0.3) is 0 Å². The van der Waals surface area contributed by atoms with Crippen molar-refractivity contribution < 1.29 is 4.79 Å². The maximum Gasteiger partial charge on any atom is 0.150 e. The second-order valence-electron chi connectivity index (χ2n) is 6.58. The highest BCUT2D eigenvalue weighted by Crippen LogP contribution is 2.49. The molecule has 2 nitrogen and oxygen atoms in total. The van der Waals surface area contributed by atoms with Crippen molar-refractivity contribution in [3.63, 3.8) is 0 Å². The Morgan fingerprint density at radius 1 is 1.22 bits per heavy atom. The molecule has 98 valence electrons. The van der Waals surface area contributed by atoms with Crippen molar-refractivity contribution in [2.45, 2.75) is 44.9 Å². The highest BCUT2D eigenvalue weighted by atomic mass is 16.1. The van der Waals surface area contributed by atoms with E-state index in [4.69, 9.17) is 5.73 Å². The largest absolute Gasteiger partial charge is 0.324 e. The van der Waals surface area contributed by atoms with Gasteiger partial charge in [-0.25, -0.2) is 0 Å². The number of carbonyl (C=O) groups is 1. The molecule has 0 amide bonds. The number of fused-ring (bicyclic) bond motifs is 1. The zero-order valence-electron chi connectivity index (χ0n) is 11.8. The quantitative estimate of drug-likeness (QED) is 0.870. The van der Waals surface area contributed by atoms with Crippen molar-refractivity contribution >= 4 is 5.78 Å². The van der Waals surface area contributed by atoms with Crippen LogP contribution < -0.4 is 5.73 Å². The minimum absolute atomic E-state index is 0.0207. The van der Waals surface area contributed by atoms with Gasteiger partial charge in [-0.05, 0) is 28.4 Å². The zero-order chi connectivity index (χ0) is 13.6. The van der Waals surface area contributed by atoms with Crippen LogP contribution in [-0.4, -0.2) is 12.3 Å². The van der Waals surface area contributed by atoms with Crippen LogP contribution in [0.2, 0.25) is 0 Å². The van der Waals surface area contributed by atoms with E-state index in [1.54, 1.807) is 0 Å². The highest BCUT2D eigenvalue weighted by molar-refractivity contribution is 5.85. The molecular formula is C16H23NO. The zero-order valence-corrected chi connectivity index (χ0v) is 11.8. The Morgan fingerprint density at radius 3 is 2.33 bits per heavy atom. The van der Waals surface area contributed by atoms with Crippen LogP contribution in [0.15, 0.2) is 24.3 Å². The number of rotatable bonds is 2. The average molecular weight is 245 g/mol. The monoisotopic (exact) mass is 245 g/mol. The molecule has 1 aliphatic carbocycles. The van der Waals surface area contributed by atoms with Crippen LogP contribution in [0, 0.1) is 5.92 Å². The number of Topliss-reactive ketones (excluding diaryl/α,β-unsaturated/α-hetero) is 1. The Morgan fingerprint density at radius 2 is 1.78 bits per heavy atom. The van der Waals surface area contributed by atoms with Crippen molar-refractivity contribution in [3.8, 4) is 0 Å². The number of hydrogen-bond donors (Lipinski definition) is 1. The Kier molecular flexibility index (Phi) is 3.10. The van der Waals surface area contributed by atoms with Crippen LogP contribution in [0.1, 0.15) is 45.2 Å². The number of ketones is 1. The molecule has 0 radical (unpaired) electrons. The molecule has 0 saturated carbocycles. The Balaban J connectivity index is 2.59. The van der Waals surface area contributed by atoms with E-state index in [9.17, 15) is 4.79 Å². The molecule has 2 rings (SSSR count). The molecular weight excluding hydrogens is 222 g/mol. The third-order valence-electron chi connectivity index (χ3n) is 4.53. The molecule has 1 aliphatic rings. The summed E-state index contributed by atoms with van der Waals surface area (Å²) in [5.74, 6) is 0.204. The standard InChI is InChI=1S/C16H23NO/c1-15(2)9-13(14(18)10-17)16(3,4)12-8-6-5-7-11(12)15/h5-8,13H,9-10,17H2,1-4H3. The van der Waals surface area contributed by atoms with Crippen LogP contribution >= 0.6 is 0 Å². The number of carbonyl (C=O) groups excluding carboxylic acids is 1. The fourth-order valence-corrected chi connectivity index (χ4v) is 3.36. The molecule has 1 atom stereocenters. The molecule has 1 unspecified atom stereocenters. The summed E-state index contributed by atoms with van der Waals surface area (Å²) in [5, 5.41) is 0. The normalized spacial score (nSPS) is 24.4. The van der Waals surface area contributed by atoms with E-state index in [1.807, 2.05) is 0 Å². The molecule has 1 aromatic rings. The summed E-state index contributed by atoms with van der Waals surface area (Å²) in [4.78, 5) is 12.2. The summed E-state index contributed by atoms with van der Waals surface area (Å²) in [6.45, 7) is 8.92. The van der Waals surface area contributed by atoms with E-state index < -0.39 is 0 Å². The Hall–Kier alpha value is -1.15. The van der Waals surface area contributed by atoms with E-state index in [0.29, 0.717) is 0 Å². The third kappa shape index (κ3) is 1.89. The average Bonchev–Trinajstić information content (AvgIpc) is 2.34. The van der Waals surface area contributed by atoms with Crippen molar-refractivity contribution in [2.24, 2.45) is 11.7 Å². The highest BCUT2D eigenvalue weighted by Gasteiger charge is 2.46. The molecule has 2 N–H and O–H groups in total. The van der Waals surface area contributed by atoms with Gasteiger partial charge in [0.05, 0.1) is 6.54 Å². The lowest BCUT2D eigenvalue weighted by Gasteiger charge is -2.46. The van der Waals surface area contributed by atoms with Gasteiger partial charge in [0.1, 0.15) is 5.78 Å². The first-order valence-corrected chi connectivity index (χ1v) is 6.63. The lowest BCUT2D eigenvalue weighted by molar-refractivity contribution is -0.124. The van der Waals surface area contributed by atoms with Gasteiger partial charge in [0.15, 0.2) is 0 Å². The molecule has 0 spiro atoms. The maximum absolute atomic E-state index is 12.2. The lowest BCUT2D eigenvalue weighted by Crippen LogP contribution is -2.46. The smallest absolute Gasteiger partial charge is 0.150 e. The molecule has 0 heterocycles. The van der Waals surface area contributed by atoms with Gasteiger partial charge < -0.3 is 5.73 Å². The molecule has 0 fully saturated rings. The number of hydrogen-bond acceptors (Lipinski definition) is 2. The second kappa shape index (κ2) is 4.20. The predicted octanol–water partition coefficient (Wildman–Crippen LogP) is 2.79. The van der Waals surface area contributed by atoms with Gasteiger partial charge in [0.2, 0.25) is 0 Å². The van der Waals surface area contributed by atoms with Crippen LogP contribution in [0.5, 0.6) is 0 Å². The van der Waals surface area contributed by atoms with E-state index >= 15 is 0 Å². The molecule has 0 saturated heterocycles. The van der Waals surface area contributed by atoms with Crippen molar-refractivity contribution in [3.05, 3.63) is 35.4 Å². The first-order valence-electron chi connectivity index (χ1n) is 6.63. The van der Waals surface area contributed by atoms with Gasteiger partial charge in [-0.3, -0.25) is 4.79 Å². The van der Waals surface area contributed by atoms with Gasteiger partial charge in [-0.15, -0.1) is 0 Å². The minimum Gasteiger partial charge on any atom is -0.324 e. The Labute approximate surface area is 110 Å². The predicted molar refractivity (Wildman–Crippen MR) is 74.7 cm³/mol. The van der Waals surface area contributed by atoms with Gasteiger partial charge >= 0.3 is 0 Å². The topological polar surface area (TPSA) is 43.1 Å². The first kappa shape index (κ1) is 13.3. The summed E-state index contributed by atoms with van der Waals surface area (Å²) >= 11 is 0. The van der Waals surface area contributed by atoms with Crippen LogP contribution in [0.25, 0.3) is 0 Å². The Bertz CT molecular complexity index is 474. The van der Waals surface area contributed by atoms with Gasteiger partial charge in [0, 0.05) is 5.92 Å². The number of nitrogens with two attached hydrogens (primary N) is 1. The summed E-state index contributed by atoms with van der Waals surface area (Å²) in [6.07, 6.45) is 0.882. The first-order chi connectivity index (χ1) is 8.30. The molecule has 1 aromatic carbocycles. The summed E-state index contributed by atoms with van der Waals surface area (Å²) in [7, 11) is 0. The van der Waals surface area contributed by atoms with Crippen molar-refractivity contribution in [2.75, 3.05) is 6.54 Å². The van der Waals surface area contributed by atoms with Crippen LogP contribution in [0.3, 0.4) is 0 Å². The minimum atomic E-state index is -0.122. The van der Waals surface area contributed by atoms with E-state index in [1.165, 1.54) is 11.1 Å². The van der Waals surface area contributed by atoms with Crippen molar-refractivity contribution in [1.82, 2.24) is 0 Å². The summed E-state index contributed by atoms with van der Waals surface area (Å²) < 4.78 is 0. The molecule has 2 heteroatoms. The van der Waals surface area contributed by atoms with Crippen LogP contribution in [-0.2, 0) is 15.6 Å². The molecule has 0 aromatic heterocycles. The third-order valence-corrected chi connectivity index (χ3v) is 4.53. The molecule has 0 aliphatic heterocycles. The maximum atomic E-state index is 12.2. The van der Waals surface area contributed by atoms with Gasteiger partial charge in [-0.2, -0.15) is 0 Å². The van der Waals surface area contributed by atoms with E-state index in [0.717, 1.165) is 6.42 Å². The second-order valence-corrected chi connectivity index (χ2v) is 6.58. The van der Waals surface area contributed by atoms with Crippen molar-refractivity contribution in [1.29, 1.82) is 0 Å². The molecule has 18 heavy (non-hydrogen) atoms. The number of benzene rings is 1.